The molecular weight excluding hydrogens is 343 g/mol. The van der Waals surface area contributed by atoms with Crippen molar-refractivity contribution < 1.29 is 28.2 Å². The van der Waals surface area contributed by atoms with Crippen LogP contribution < -0.4 is 15.4 Å². The van der Waals surface area contributed by atoms with Crippen molar-refractivity contribution in [2.24, 2.45) is 0 Å². The number of halogens is 1. The maximum Gasteiger partial charge on any atom is 0.325 e. The average Bonchev–Trinajstić information content (AvgIpc) is 2.65. The third-order valence-electron chi connectivity index (χ3n) is 3.22. The van der Waals surface area contributed by atoms with Gasteiger partial charge in [0, 0.05) is 11.3 Å². The lowest BCUT2D eigenvalue weighted by atomic mass is 10.2. The molecule has 0 aromatic heterocycles. The molecule has 26 heavy (non-hydrogen) atoms. The molecule has 136 valence electrons. The van der Waals surface area contributed by atoms with Crippen molar-refractivity contribution in [3.8, 4) is 5.75 Å². The molecule has 2 aromatic carbocycles. The maximum atomic E-state index is 13.0. The molecule has 0 fully saturated rings. The van der Waals surface area contributed by atoms with E-state index in [0.29, 0.717) is 11.4 Å². The molecule has 0 bridgehead atoms. The van der Waals surface area contributed by atoms with Crippen LogP contribution in [0.25, 0.3) is 0 Å². The first kappa shape index (κ1) is 18.9. The summed E-state index contributed by atoms with van der Waals surface area (Å²) in [6.07, 6.45) is 0. The van der Waals surface area contributed by atoms with E-state index in [9.17, 15) is 18.8 Å². The van der Waals surface area contributed by atoms with Crippen LogP contribution in [0.15, 0.2) is 48.5 Å². The van der Waals surface area contributed by atoms with E-state index in [1.165, 1.54) is 25.3 Å². The average molecular weight is 360 g/mol. The van der Waals surface area contributed by atoms with E-state index in [0.717, 1.165) is 6.07 Å². The second kappa shape index (κ2) is 9.16. The van der Waals surface area contributed by atoms with Crippen LogP contribution in [-0.2, 0) is 14.3 Å². The standard InChI is InChI=1S/C18H17FN2O5/c1-25-15-7-5-14(6-8-15)21-16(22)11-26-17(23)10-20-18(24)12-3-2-4-13(19)9-12/h2-9H,10-11H2,1H3,(H,20,24)(H,21,22). The maximum absolute atomic E-state index is 13.0. The topological polar surface area (TPSA) is 93.7 Å². The monoisotopic (exact) mass is 360 g/mol. The number of benzene rings is 2. The molecule has 2 rings (SSSR count). The van der Waals surface area contributed by atoms with Gasteiger partial charge >= 0.3 is 5.97 Å². The molecule has 2 N–H and O–H groups in total. The molecule has 2 amide bonds. The van der Waals surface area contributed by atoms with Crippen LogP contribution in [0.1, 0.15) is 10.4 Å². The van der Waals surface area contributed by atoms with Crippen molar-refractivity contribution in [3.05, 3.63) is 59.9 Å². The molecule has 7 nitrogen and oxygen atoms in total. The van der Waals surface area contributed by atoms with Crippen molar-refractivity contribution in [1.29, 1.82) is 0 Å². The molecule has 0 heterocycles. The quantitative estimate of drug-likeness (QED) is 0.734. The van der Waals surface area contributed by atoms with Gasteiger partial charge in [-0.2, -0.15) is 0 Å². The molecule has 0 saturated heterocycles. The van der Waals surface area contributed by atoms with E-state index in [2.05, 4.69) is 10.6 Å². The zero-order valence-electron chi connectivity index (χ0n) is 14.0. The van der Waals surface area contributed by atoms with Crippen molar-refractivity contribution in [2.45, 2.75) is 0 Å². The Balaban J connectivity index is 1.72. The van der Waals surface area contributed by atoms with Gasteiger partial charge in [0.15, 0.2) is 6.61 Å². The summed E-state index contributed by atoms with van der Waals surface area (Å²) < 4.78 is 22.8. The van der Waals surface area contributed by atoms with Gasteiger partial charge in [-0.25, -0.2) is 4.39 Å². The summed E-state index contributed by atoms with van der Waals surface area (Å²) in [4.78, 5) is 35.1. The van der Waals surface area contributed by atoms with Crippen molar-refractivity contribution in [3.63, 3.8) is 0 Å². The Morgan fingerprint density at radius 3 is 2.46 bits per heavy atom. The van der Waals surface area contributed by atoms with Crippen molar-refractivity contribution >= 4 is 23.5 Å². The minimum absolute atomic E-state index is 0.0787. The van der Waals surface area contributed by atoms with Gasteiger partial charge in [-0.1, -0.05) is 6.07 Å². The molecule has 0 atom stereocenters. The first-order chi connectivity index (χ1) is 12.5. The summed E-state index contributed by atoms with van der Waals surface area (Å²) in [7, 11) is 1.53. The molecule has 0 spiro atoms. The number of amides is 2. The van der Waals surface area contributed by atoms with Gasteiger partial charge in [0.1, 0.15) is 18.1 Å². The summed E-state index contributed by atoms with van der Waals surface area (Å²) >= 11 is 0. The molecule has 0 aliphatic carbocycles. The fourth-order valence-electron chi connectivity index (χ4n) is 1.95. The first-order valence-electron chi connectivity index (χ1n) is 7.61. The van der Waals surface area contributed by atoms with Gasteiger partial charge < -0.3 is 20.1 Å². The predicted molar refractivity (Wildman–Crippen MR) is 91.3 cm³/mol. The van der Waals surface area contributed by atoms with Gasteiger partial charge in [-0.15, -0.1) is 0 Å². The molecular formula is C18H17FN2O5. The summed E-state index contributed by atoms with van der Waals surface area (Å²) in [6, 6.07) is 11.6. The Morgan fingerprint density at radius 1 is 1.08 bits per heavy atom. The number of rotatable bonds is 7. The fraction of sp³-hybridized carbons (Fsp3) is 0.167. The molecule has 0 aliphatic heterocycles. The molecule has 0 unspecified atom stereocenters. The van der Waals surface area contributed by atoms with Crippen molar-refractivity contribution in [2.75, 3.05) is 25.6 Å². The van der Waals surface area contributed by atoms with Crippen LogP contribution in [0.4, 0.5) is 10.1 Å². The lowest BCUT2D eigenvalue weighted by Crippen LogP contribution is -2.32. The highest BCUT2D eigenvalue weighted by molar-refractivity contribution is 5.96. The number of hydrogen-bond donors (Lipinski definition) is 2. The summed E-state index contributed by atoms with van der Waals surface area (Å²) in [5, 5.41) is 4.83. The van der Waals surface area contributed by atoms with E-state index in [1.807, 2.05) is 0 Å². The highest BCUT2D eigenvalue weighted by Crippen LogP contribution is 2.14. The normalized spacial score (nSPS) is 9.92. The predicted octanol–water partition coefficient (Wildman–Crippen LogP) is 1.75. The number of hydrogen-bond acceptors (Lipinski definition) is 5. The zero-order valence-corrected chi connectivity index (χ0v) is 14.0. The van der Waals surface area contributed by atoms with Crippen LogP contribution >= 0.6 is 0 Å². The molecule has 2 aromatic rings. The summed E-state index contributed by atoms with van der Waals surface area (Å²) in [6.45, 7) is -0.939. The van der Waals surface area contributed by atoms with E-state index in [-0.39, 0.29) is 5.56 Å². The summed E-state index contributed by atoms with van der Waals surface area (Å²) in [5.41, 5.74) is 0.598. The SMILES string of the molecule is COc1ccc(NC(=O)COC(=O)CNC(=O)c2cccc(F)c2)cc1. The molecule has 8 heteroatoms. The Kier molecular flexibility index (Phi) is 6.67. The van der Waals surface area contributed by atoms with Gasteiger partial charge in [-0.3, -0.25) is 14.4 Å². The number of carbonyl (C=O) groups excluding carboxylic acids is 3. The minimum atomic E-state index is -0.792. The highest BCUT2D eigenvalue weighted by Gasteiger charge is 2.11. The van der Waals surface area contributed by atoms with Crippen LogP contribution in [0, 0.1) is 5.82 Å². The number of ether oxygens (including phenoxy) is 2. The number of methoxy groups -OCH3 is 1. The van der Waals surface area contributed by atoms with Crippen LogP contribution in [-0.4, -0.2) is 38.0 Å². The summed E-state index contributed by atoms with van der Waals surface area (Å²) in [5.74, 6) is -1.86. The second-order valence-corrected chi connectivity index (χ2v) is 5.13. The number of nitrogens with one attached hydrogen (secondary N) is 2. The zero-order chi connectivity index (χ0) is 18.9. The lowest BCUT2D eigenvalue weighted by molar-refractivity contribution is -0.146. The first-order valence-corrected chi connectivity index (χ1v) is 7.61. The second-order valence-electron chi connectivity index (χ2n) is 5.13. The van der Waals surface area contributed by atoms with E-state index >= 15 is 0 Å². The largest absolute Gasteiger partial charge is 0.497 e. The smallest absolute Gasteiger partial charge is 0.325 e. The molecule has 0 saturated carbocycles. The van der Waals surface area contributed by atoms with Crippen molar-refractivity contribution in [1.82, 2.24) is 5.32 Å². The van der Waals surface area contributed by atoms with E-state index < -0.39 is 36.8 Å². The molecule has 0 aliphatic rings. The van der Waals surface area contributed by atoms with Gasteiger partial charge in [0.25, 0.3) is 11.8 Å². The van der Waals surface area contributed by atoms with Crippen LogP contribution in [0.3, 0.4) is 0 Å². The van der Waals surface area contributed by atoms with Gasteiger partial charge in [0.05, 0.1) is 7.11 Å². The Bertz CT molecular complexity index is 792. The third kappa shape index (κ3) is 5.90. The highest BCUT2D eigenvalue weighted by atomic mass is 19.1. The number of esters is 1. The van der Waals surface area contributed by atoms with Crippen LogP contribution in [0.5, 0.6) is 5.75 Å². The van der Waals surface area contributed by atoms with Crippen LogP contribution in [0.2, 0.25) is 0 Å². The Morgan fingerprint density at radius 2 is 1.81 bits per heavy atom. The van der Waals surface area contributed by atoms with Gasteiger partial charge in [-0.05, 0) is 42.5 Å². The Labute approximate surface area is 149 Å². The Hall–Kier alpha value is -3.42. The lowest BCUT2D eigenvalue weighted by Gasteiger charge is -2.08. The fourth-order valence-corrected chi connectivity index (χ4v) is 1.95. The van der Waals surface area contributed by atoms with E-state index in [4.69, 9.17) is 9.47 Å². The third-order valence-corrected chi connectivity index (χ3v) is 3.22. The number of anilines is 1. The van der Waals surface area contributed by atoms with Gasteiger partial charge in [0.2, 0.25) is 0 Å². The van der Waals surface area contributed by atoms with E-state index in [1.54, 1.807) is 24.3 Å². The number of carbonyl (C=O) groups is 3. The minimum Gasteiger partial charge on any atom is -0.497 e. The molecule has 0 radical (unpaired) electrons.